The summed E-state index contributed by atoms with van der Waals surface area (Å²) in [5, 5.41) is 3.28. The number of methoxy groups -OCH3 is 1. The fourth-order valence-electron chi connectivity index (χ4n) is 1.35. The Kier molecular flexibility index (Phi) is 3.32. The zero-order valence-electron chi connectivity index (χ0n) is 8.32. The average molecular weight is 209 g/mol. The van der Waals surface area contributed by atoms with Crippen molar-refractivity contribution in [3.05, 3.63) is 24.3 Å². The van der Waals surface area contributed by atoms with E-state index in [0.29, 0.717) is 0 Å². The highest BCUT2D eigenvalue weighted by Crippen LogP contribution is 2.24. The molecule has 2 rings (SSSR count). The minimum atomic E-state index is 0.863. The summed E-state index contributed by atoms with van der Waals surface area (Å²) in [5.74, 6) is 3.01. The molecule has 0 amide bonds. The Balaban J connectivity index is 1.83. The molecule has 3 heteroatoms. The van der Waals surface area contributed by atoms with Gasteiger partial charge in [-0.05, 0) is 43.3 Å². The van der Waals surface area contributed by atoms with Crippen molar-refractivity contribution in [3.63, 3.8) is 0 Å². The Labute approximate surface area is 89.0 Å². The van der Waals surface area contributed by atoms with E-state index in [1.165, 1.54) is 23.7 Å². The maximum Gasteiger partial charge on any atom is 0.118 e. The lowest BCUT2D eigenvalue weighted by Crippen LogP contribution is -2.43. The number of benzene rings is 1. The monoisotopic (exact) mass is 209 g/mol. The first-order valence-corrected chi connectivity index (χ1v) is 5.84. The van der Waals surface area contributed by atoms with Crippen molar-refractivity contribution in [1.29, 1.82) is 0 Å². The van der Waals surface area contributed by atoms with Gasteiger partial charge in [0, 0.05) is 10.6 Å². The predicted octanol–water partition coefficient (Wildman–Crippen LogP) is 2.01. The van der Waals surface area contributed by atoms with Crippen LogP contribution in [0.4, 0.5) is 0 Å². The molecule has 76 valence electrons. The second-order valence-electron chi connectivity index (χ2n) is 3.51. The van der Waals surface area contributed by atoms with Crippen LogP contribution in [0.2, 0.25) is 0 Å². The number of nitrogens with one attached hydrogen (secondary N) is 1. The van der Waals surface area contributed by atoms with Gasteiger partial charge < -0.3 is 10.1 Å². The van der Waals surface area contributed by atoms with Gasteiger partial charge in [0.1, 0.15) is 5.75 Å². The van der Waals surface area contributed by atoms with E-state index in [1.807, 2.05) is 23.9 Å². The zero-order chi connectivity index (χ0) is 9.80. The molecule has 1 aliphatic heterocycles. The van der Waals surface area contributed by atoms with Crippen LogP contribution >= 0.6 is 11.8 Å². The van der Waals surface area contributed by atoms with Crippen LogP contribution in [-0.2, 0) is 0 Å². The van der Waals surface area contributed by atoms with Gasteiger partial charge in [0.2, 0.25) is 0 Å². The quantitative estimate of drug-likeness (QED) is 0.766. The molecule has 0 aliphatic carbocycles. The first-order valence-electron chi connectivity index (χ1n) is 4.86. The van der Waals surface area contributed by atoms with Gasteiger partial charge in [-0.1, -0.05) is 0 Å². The minimum absolute atomic E-state index is 0.863. The summed E-state index contributed by atoms with van der Waals surface area (Å²) in [7, 11) is 1.70. The molecule has 1 heterocycles. The number of rotatable bonds is 4. The van der Waals surface area contributed by atoms with Gasteiger partial charge in [0.05, 0.1) is 7.11 Å². The zero-order valence-corrected chi connectivity index (χ0v) is 9.14. The molecular formula is C11H15NOS. The van der Waals surface area contributed by atoms with E-state index in [1.54, 1.807) is 7.11 Å². The summed E-state index contributed by atoms with van der Waals surface area (Å²) in [4.78, 5) is 1.33. The highest BCUT2D eigenvalue weighted by atomic mass is 32.2. The van der Waals surface area contributed by atoms with Crippen LogP contribution in [0.15, 0.2) is 29.2 Å². The van der Waals surface area contributed by atoms with Crippen molar-refractivity contribution in [1.82, 2.24) is 5.32 Å². The molecule has 0 spiro atoms. The fraction of sp³-hybridized carbons (Fsp3) is 0.455. The van der Waals surface area contributed by atoms with Crippen LogP contribution in [0.1, 0.15) is 0 Å². The van der Waals surface area contributed by atoms with Crippen LogP contribution < -0.4 is 10.1 Å². The van der Waals surface area contributed by atoms with Crippen LogP contribution in [0.3, 0.4) is 0 Å². The second kappa shape index (κ2) is 4.71. The van der Waals surface area contributed by atoms with Crippen molar-refractivity contribution in [3.8, 4) is 5.75 Å². The van der Waals surface area contributed by atoms with Crippen LogP contribution in [-0.4, -0.2) is 26.0 Å². The van der Waals surface area contributed by atoms with Gasteiger partial charge >= 0.3 is 0 Å². The highest BCUT2D eigenvalue weighted by Gasteiger charge is 2.16. The summed E-state index contributed by atoms with van der Waals surface area (Å²) in [6, 6.07) is 8.27. The van der Waals surface area contributed by atoms with Crippen molar-refractivity contribution < 1.29 is 4.74 Å². The lowest BCUT2D eigenvalue weighted by atomic mass is 10.1. The fourth-order valence-corrected chi connectivity index (χ4v) is 2.34. The van der Waals surface area contributed by atoms with E-state index in [2.05, 4.69) is 17.4 Å². The molecule has 0 unspecified atom stereocenters. The molecule has 1 N–H and O–H groups in total. The first-order chi connectivity index (χ1) is 6.88. The number of hydrogen-bond donors (Lipinski definition) is 1. The van der Waals surface area contributed by atoms with E-state index in [-0.39, 0.29) is 0 Å². The maximum absolute atomic E-state index is 5.11. The number of thioether (sulfide) groups is 1. The SMILES string of the molecule is COc1ccc(SCC2CNC2)cc1. The summed E-state index contributed by atoms with van der Waals surface area (Å²) >= 11 is 1.93. The molecule has 1 aromatic rings. The third-order valence-corrected chi connectivity index (χ3v) is 3.65. The van der Waals surface area contributed by atoms with Gasteiger partial charge in [-0.3, -0.25) is 0 Å². The Morgan fingerprint density at radius 2 is 2.07 bits per heavy atom. The molecular weight excluding hydrogens is 194 g/mol. The summed E-state index contributed by atoms with van der Waals surface area (Å²) in [5.41, 5.74) is 0. The summed E-state index contributed by atoms with van der Waals surface area (Å²) in [6.07, 6.45) is 0. The Hall–Kier alpha value is -0.670. The van der Waals surface area contributed by atoms with Crippen molar-refractivity contribution >= 4 is 11.8 Å². The molecule has 0 atom stereocenters. The van der Waals surface area contributed by atoms with E-state index in [9.17, 15) is 0 Å². The van der Waals surface area contributed by atoms with E-state index in [4.69, 9.17) is 4.74 Å². The summed E-state index contributed by atoms with van der Waals surface area (Å²) < 4.78 is 5.11. The first kappa shape index (κ1) is 9.87. The molecule has 14 heavy (non-hydrogen) atoms. The third-order valence-electron chi connectivity index (χ3n) is 2.41. The Bertz CT molecular complexity index is 282. The topological polar surface area (TPSA) is 21.3 Å². The molecule has 1 aliphatic rings. The maximum atomic E-state index is 5.11. The molecule has 0 aromatic heterocycles. The van der Waals surface area contributed by atoms with E-state index >= 15 is 0 Å². The van der Waals surface area contributed by atoms with Crippen LogP contribution in [0, 0.1) is 5.92 Å². The lowest BCUT2D eigenvalue weighted by molar-refractivity contribution is 0.385. The summed E-state index contributed by atoms with van der Waals surface area (Å²) in [6.45, 7) is 2.37. The van der Waals surface area contributed by atoms with Crippen molar-refractivity contribution in [2.24, 2.45) is 5.92 Å². The molecule has 2 nitrogen and oxygen atoms in total. The molecule has 0 radical (unpaired) electrons. The van der Waals surface area contributed by atoms with E-state index < -0.39 is 0 Å². The van der Waals surface area contributed by atoms with Gasteiger partial charge in [-0.2, -0.15) is 0 Å². The predicted molar refractivity (Wildman–Crippen MR) is 60.1 cm³/mol. The van der Waals surface area contributed by atoms with E-state index in [0.717, 1.165) is 11.7 Å². The highest BCUT2D eigenvalue weighted by molar-refractivity contribution is 7.99. The standard InChI is InChI=1S/C11H15NOS/c1-13-10-2-4-11(5-3-10)14-8-9-6-12-7-9/h2-5,9,12H,6-8H2,1H3. The van der Waals surface area contributed by atoms with Gasteiger partial charge in [-0.25, -0.2) is 0 Å². The molecule has 0 bridgehead atoms. The van der Waals surface area contributed by atoms with Crippen molar-refractivity contribution in [2.75, 3.05) is 26.0 Å². The van der Waals surface area contributed by atoms with Gasteiger partial charge in [-0.15, -0.1) is 11.8 Å². The van der Waals surface area contributed by atoms with Crippen molar-refractivity contribution in [2.45, 2.75) is 4.90 Å². The minimum Gasteiger partial charge on any atom is -0.497 e. The van der Waals surface area contributed by atoms with Crippen LogP contribution in [0.25, 0.3) is 0 Å². The molecule has 1 saturated heterocycles. The van der Waals surface area contributed by atoms with Crippen LogP contribution in [0.5, 0.6) is 5.75 Å². The number of hydrogen-bond acceptors (Lipinski definition) is 3. The van der Waals surface area contributed by atoms with Gasteiger partial charge in [0.25, 0.3) is 0 Å². The van der Waals surface area contributed by atoms with Gasteiger partial charge in [0.15, 0.2) is 0 Å². The lowest BCUT2D eigenvalue weighted by Gasteiger charge is -2.26. The normalized spacial score (nSPS) is 16.4. The Morgan fingerprint density at radius 1 is 1.36 bits per heavy atom. The molecule has 0 saturated carbocycles. The largest absolute Gasteiger partial charge is 0.497 e. The average Bonchev–Trinajstić information content (AvgIpc) is 2.16. The molecule has 1 aromatic carbocycles. The number of ether oxygens (including phenoxy) is 1. The molecule has 1 fully saturated rings. The Morgan fingerprint density at radius 3 is 2.57 bits per heavy atom. The second-order valence-corrected chi connectivity index (χ2v) is 4.60. The smallest absolute Gasteiger partial charge is 0.118 e. The third kappa shape index (κ3) is 2.42.